The second kappa shape index (κ2) is 7.79. The van der Waals surface area contributed by atoms with Gasteiger partial charge in [0.05, 0.1) is 5.56 Å². The van der Waals surface area contributed by atoms with E-state index in [4.69, 9.17) is 9.84 Å². The number of benzene rings is 1. The van der Waals surface area contributed by atoms with Crippen molar-refractivity contribution < 1.29 is 19.4 Å². The van der Waals surface area contributed by atoms with Crippen LogP contribution in [0.25, 0.3) is 0 Å². The molecule has 1 saturated heterocycles. The fourth-order valence-corrected chi connectivity index (χ4v) is 3.09. The van der Waals surface area contributed by atoms with Gasteiger partial charge < -0.3 is 14.7 Å². The van der Waals surface area contributed by atoms with Crippen molar-refractivity contribution in [2.75, 3.05) is 19.7 Å². The van der Waals surface area contributed by atoms with Crippen LogP contribution in [0.15, 0.2) is 48.8 Å². The Morgan fingerprint density at radius 1 is 1.20 bits per heavy atom. The molecule has 1 amide bonds. The summed E-state index contributed by atoms with van der Waals surface area (Å²) in [5.41, 5.74) is 1.74. The Morgan fingerprint density at radius 3 is 2.68 bits per heavy atom. The van der Waals surface area contributed by atoms with E-state index in [1.54, 1.807) is 30.6 Å². The molecule has 1 aliphatic heterocycles. The Hall–Kier alpha value is -2.89. The fourth-order valence-electron chi connectivity index (χ4n) is 3.09. The summed E-state index contributed by atoms with van der Waals surface area (Å²) < 4.78 is 5.25. The molecule has 130 valence electrons. The first kappa shape index (κ1) is 17.0. The molecule has 1 N–H and O–H groups in total. The first-order valence-corrected chi connectivity index (χ1v) is 8.27. The minimum atomic E-state index is -0.993. The molecule has 0 saturated carbocycles. The largest absolute Gasteiger partial charge is 0.482 e. The lowest BCUT2D eigenvalue weighted by atomic mass is 9.89. The molecule has 0 aliphatic carbocycles. The van der Waals surface area contributed by atoms with Crippen LogP contribution < -0.4 is 4.74 Å². The Labute approximate surface area is 146 Å². The van der Waals surface area contributed by atoms with Crippen molar-refractivity contribution in [3.63, 3.8) is 0 Å². The highest BCUT2D eigenvalue weighted by Gasteiger charge is 2.24. The zero-order valence-electron chi connectivity index (χ0n) is 13.8. The lowest BCUT2D eigenvalue weighted by Gasteiger charge is -2.32. The molecule has 1 aromatic carbocycles. The van der Waals surface area contributed by atoms with Crippen LogP contribution in [0.5, 0.6) is 5.75 Å². The molecular formula is C19H20N2O4. The zero-order chi connectivity index (χ0) is 17.6. The number of pyridine rings is 1. The highest BCUT2D eigenvalue weighted by molar-refractivity contribution is 5.93. The standard InChI is InChI=1S/C19H20N2O4/c22-18(23)13-25-17-5-1-3-15(11-17)14-6-9-21(10-7-14)19(24)16-4-2-8-20-12-16/h1-5,8,11-12,14H,6-7,9-10,13H2,(H,22,23). The number of hydrogen-bond donors (Lipinski definition) is 1. The lowest BCUT2D eigenvalue weighted by Crippen LogP contribution is -2.37. The molecule has 1 aromatic heterocycles. The number of carboxylic acid groups (broad SMARTS) is 1. The number of carboxylic acids is 1. The van der Waals surface area contributed by atoms with Gasteiger partial charge in [0.1, 0.15) is 5.75 Å². The number of aromatic nitrogens is 1. The smallest absolute Gasteiger partial charge is 0.341 e. The first-order chi connectivity index (χ1) is 12.1. The molecule has 3 rings (SSSR count). The quantitative estimate of drug-likeness (QED) is 0.905. The zero-order valence-corrected chi connectivity index (χ0v) is 13.8. The van der Waals surface area contributed by atoms with Gasteiger partial charge in [-0.1, -0.05) is 12.1 Å². The van der Waals surface area contributed by atoms with Gasteiger partial charge in [-0.15, -0.1) is 0 Å². The number of likely N-dealkylation sites (tertiary alicyclic amines) is 1. The van der Waals surface area contributed by atoms with E-state index in [1.165, 1.54) is 0 Å². The highest BCUT2D eigenvalue weighted by Crippen LogP contribution is 2.30. The predicted molar refractivity (Wildman–Crippen MR) is 91.7 cm³/mol. The summed E-state index contributed by atoms with van der Waals surface area (Å²) in [6.07, 6.45) is 4.99. The minimum Gasteiger partial charge on any atom is -0.482 e. The van der Waals surface area contributed by atoms with Crippen LogP contribution in [0.4, 0.5) is 0 Å². The monoisotopic (exact) mass is 340 g/mol. The molecule has 2 heterocycles. The summed E-state index contributed by atoms with van der Waals surface area (Å²) in [7, 11) is 0. The van der Waals surface area contributed by atoms with Gasteiger partial charge in [0, 0.05) is 25.5 Å². The van der Waals surface area contributed by atoms with Gasteiger partial charge >= 0.3 is 5.97 Å². The normalized spacial score (nSPS) is 15.0. The molecule has 0 unspecified atom stereocenters. The predicted octanol–water partition coefficient (Wildman–Crippen LogP) is 2.56. The van der Waals surface area contributed by atoms with Crippen LogP contribution in [0.3, 0.4) is 0 Å². The van der Waals surface area contributed by atoms with E-state index in [0.29, 0.717) is 30.3 Å². The van der Waals surface area contributed by atoms with E-state index in [-0.39, 0.29) is 12.5 Å². The number of hydrogen-bond acceptors (Lipinski definition) is 4. The molecule has 2 aromatic rings. The molecule has 6 nitrogen and oxygen atoms in total. The molecule has 0 bridgehead atoms. The number of rotatable bonds is 5. The Bertz CT molecular complexity index is 740. The maximum atomic E-state index is 12.5. The van der Waals surface area contributed by atoms with E-state index in [9.17, 15) is 9.59 Å². The van der Waals surface area contributed by atoms with E-state index in [1.807, 2.05) is 23.1 Å². The van der Waals surface area contributed by atoms with Gasteiger partial charge in [-0.3, -0.25) is 9.78 Å². The second-order valence-corrected chi connectivity index (χ2v) is 6.06. The van der Waals surface area contributed by atoms with Crippen LogP contribution in [0, 0.1) is 0 Å². The SMILES string of the molecule is O=C(O)COc1cccc(C2CCN(C(=O)c3cccnc3)CC2)c1. The number of piperidine rings is 1. The van der Waals surface area contributed by atoms with Gasteiger partial charge in [-0.25, -0.2) is 4.79 Å². The van der Waals surface area contributed by atoms with Crippen molar-refractivity contribution in [3.8, 4) is 5.75 Å². The van der Waals surface area contributed by atoms with Crippen molar-refractivity contribution in [2.24, 2.45) is 0 Å². The summed E-state index contributed by atoms with van der Waals surface area (Å²) >= 11 is 0. The minimum absolute atomic E-state index is 0.0186. The molecule has 25 heavy (non-hydrogen) atoms. The number of carbonyl (C=O) groups excluding carboxylic acids is 1. The summed E-state index contributed by atoms with van der Waals surface area (Å²) in [4.78, 5) is 28.9. The van der Waals surface area contributed by atoms with Crippen molar-refractivity contribution in [3.05, 3.63) is 59.9 Å². The van der Waals surface area contributed by atoms with Crippen molar-refractivity contribution >= 4 is 11.9 Å². The summed E-state index contributed by atoms with van der Waals surface area (Å²) in [5.74, 6) is -0.0715. The van der Waals surface area contributed by atoms with E-state index >= 15 is 0 Å². The fraction of sp³-hybridized carbons (Fsp3) is 0.316. The van der Waals surface area contributed by atoms with Crippen LogP contribution in [0.1, 0.15) is 34.7 Å². The topological polar surface area (TPSA) is 79.7 Å². The summed E-state index contributed by atoms with van der Waals surface area (Å²) in [6, 6.07) is 11.1. The van der Waals surface area contributed by atoms with Gasteiger partial charge in [-0.05, 0) is 48.6 Å². The summed E-state index contributed by atoms with van der Waals surface area (Å²) in [5, 5.41) is 8.70. The van der Waals surface area contributed by atoms with Crippen LogP contribution in [-0.4, -0.2) is 46.6 Å². The maximum absolute atomic E-state index is 12.5. The molecule has 1 fully saturated rings. The number of amides is 1. The average Bonchev–Trinajstić information content (AvgIpc) is 2.67. The first-order valence-electron chi connectivity index (χ1n) is 8.27. The Morgan fingerprint density at radius 2 is 2.00 bits per heavy atom. The van der Waals surface area contributed by atoms with Crippen molar-refractivity contribution in [1.29, 1.82) is 0 Å². The van der Waals surface area contributed by atoms with Gasteiger partial charge in [-0.2, -0.15) is 0 Å². The summed E-state index contributed by atoms with van der Waals surface area (Å²) in [6.45, 7) is 1.04. The maximum Gasteiger partial charge on any atom is 0.341 e. The second-order valence-electron chi connectivity index (χ2n) is 6.06. The number of carbonyl (C=O) groups is 2. The molecule has 6 heteroatoms. The number of aliphatic carboxylic acids is 1. The molecule has 0 radical (unpaired) electrons. The van der Waals surface area contributed by atoms with Crippen LogP contribution >= 0.6 is 0 Å². The molecule has 0 atom stereocenters. The Balaban J connectivity index is 1.60. The third-order valence-corrected chi connectivity index (χ3v) is 4.38. The van der Waals surface area contributed by atoms with Gasteiger partial charge in [0.2, 0.25) is 0 Å². The van der Waals surface area contributed by atoms with Crippen molar-refractivity contribution in [2.45, 2.75) is 18.8 Å². The Kier molecular flexibility index (Phi) is 5.28. The third-order valence-electron chi connectivity index (χ3n) is 4.38. The van der Waals surface area contributed by atoms with Crippen LogP contribution in [0.2, 0.25) is 0 Å². The van der Waals surface area contributed by atoms with E-state index in [0.717, 1.165) is 18.4 Å². The van der Waals surface area contributed by atoms with E-state index in [2.05, 4.69) is 4.98 Å². The molecule has 1 aliphatic rings. The lowest BCUT2D eigenvalue weighted by molar-refractivity contribution is -0.139. The highest BCUT2D eigenvalue weighted by atomic mass is 16.5. The number of nitrogens with zero attached hydrogens (tertiary/aromatic N) is 2. The molecule has 0 spiro atoms. The van der Waals surface area contributed by atoms with E-state index < -0.39 is 5.97 Å². The average molecular weight is 340 g/mol. The van der Waals surface area contributed by atoms with Gasteiger partial charge in [0.25, 0.3) is 5.91 Å². The third kappa shape index (κ3) is 4.35. The van der Waals surface area contributed by atoms with Crippen molar-refractivity contribution in [1.82, 2.24) is 9.88 Å². The van der Waals surface area contributed by atoms with Crippen LogP contribution in [-0.2, 0) is 4.79 Å². The van der Waals surface area contributed by atoms with Gasteiger partial charge in [0.15, 0.2) is 6.61 Å². The number of ether oxygens (including phenoxy) is 1. The molecular weight excluding hydrogens is 320 g/mol.